The summed E-state index contributed by atoms with van der Waals surface area (Å²) < 4.78 is 10.9. The van der Waals surface area contributed by atoms with E-state index in [1.54, 1.807) is 16.2 Å². The molecule has 2 aliphatic rings. The van der Waals surface area contributed by atoms with E-state index in [0.717, 1.165) is 29.0 Å². The Morgan fingerprint density at radius 2 is 1.85 bits per heavy atom. The topological polar surface area (TPSA) is 71.1 Å². The smallest absolute Gasteiger partial charge is 0.318 e. The van der Waals surface area contributed by atoms with Gasteiger partial charge in [0, 0.05) is 23.5 Å². The van der Waals surface area contributed by atoms with Gasteiger partial charge in [-0.3, -0.25) is 4.79 Å². The van der Waals surface area contributed by atoms with Crippen molar-refractivity contribution in [2.45, 2.75) is 59.2 Å². The molecule has 1 aromatic heterocycles. The van der Waals surface area contributed by atoms with Gasteiger partial charge >= 0.3 is 6.03 Å². The number of ether oxygens (including phenoxy) is 2. The van der Waals surface area contributed by atoms with E-state index >= 15 is 0 Å². The van der Waals surface area contributed by atoms with Crippen LogP contribution in [0.3, 0.4) is 0 Å². The molecule has 2 heterocycles. The first-order valence-corrected chi connectivity index (χ1v) is 12.3. The molecule has 0 spiro atoms. The number of thiophene rings is 1. The lowest BCUT2D eigenvalue weighted by atomic mass is 10.1. The van der Waals surface area contributed by atoms with Gasteiger partial charge in [-0.25, -0.2) is 4.79 Å². The highest BCUT2D eigenvalue weighted by Crippen LogP contribution is 2.33. The molecule has 4 rings (SSSR count). The number of benzene rings is 1. The van der Waals surface area contributed by atoms with Crippen LogP contribution < -0.4 is 14.8 Å². The van der Waals surface area contributed by atoms with Gasteiger partial charge in [0.05, 0.1) is 6.54 Å². The summed E-state index contributed by atoms with van der Waals surface area (Å²) in [5.74, 6) is 1.85. The highest BCUT2D eigenvalue weighted by molar-refractivity contribution is 7.10. The number of carbonyl (C=O) groups is 2. The SMILES string of the molecule is Cc1ccsc1CN(Cc1ccc2c(c1)OCO2)C(=O)CN(CC1CC1)C(=O)NC(C)(C)C. The van der Waals surface area contributed by atoms with Crippen molar-refractivity contribution in [1.29, 1.82) is 0 Å². The van der Waals surface area contributed by atoms with Gasteiger partial charge in [0.1, 0.15) is 6.54 Å². The van der Waals surface area contributed by atoms with E-state index in [1.165, 1.54) is 5.56 Å². The van der Waals surface area contributed by atoms with Crippen molar-refractivity contribution in [3.05, 3.63) is 45.6 Å². The van der Waals surface area contributed by atoms with E-state index in [0.29, 0.717) is 31.3 Å². The Morgan fingerprint density at radius 1 is 1.09 bits per heavy atom. The molecule has 0 saturated heterocycles. The van der Waals surface area contributed by atoms with Gasteiger partial charge in [0.15, 0.2) is 11.5 Å². The second-order valence-corrected chi connectivity index (χ2v) is 11.0. The number of amides is 3. The third-order valence-corrected chi connectivity index (χ3v) is 6.74. The Hall–Kier alpha value is -2.74. The van der Waals surface area contributed by atoms with E-state index in [-0.39, 0.29) is 30.8 Å². The first kappa shape index (κ1) is 23.4. The maximum Gasteiger partial charge on any atom is 0.318 e. The van der Waals surface area contributed by atoms with Crippen molar-refractivity contribution in [2.75, 3.05) is 19.9 Å². The zero-order chi connectivity index (χ0) is 23.6. The molecule has 1 N–H and O–H groups in total. The summed E-state index contributed by atoms with van der Waals surface area (Å²) in [5, 5.41) is 5.06. The predicted molar refractivity (Wildman–Crippen MR) is 128 cm³/mol. The first-order valence-electron chi connectivity index (χ1n) is 11.4. The summed E-state index contributed by atoms with van der Waals surface area (Å²) in [5.41, 5.74) is 1.78. The average Bonchev–Trinajstić information content (AvgIpc) is 3.27. The number of hydrogen-bond acceptors (Lipinski definition) is 5. The van der Waals surface area contributed by atoms with Gasteiger partial charge in [-0.1, -0.05) is 6.07 Å². The van der Waals surface area contributed by atoms with Crippen LogP contribution in [0.25, 0.3) is 0 Å². The Balaban J connectivity index is 1.52. The second kappa shape index (κ2) is 9.63. The molecule has 7 nitrogen and oxygen atoms in total. The standard InChI is InChI=1S/C25H33N3O4S/c1-17-9-10-33-22(17)14-27(13-19-7-8-20-21(11-19)32-16-31-20)23(29)15-28(12-18-5-6-18)24(30)26-25(2,3)4/h7-11,18H,5-6,12-16H2,1-4H3,(H,26,30). The molecule has 1 saturated carbocycles. The van der Waals surface area contributed by atoms with Crippen molar-refractivity contribution in [1.82, 2.24) is 15.1 Å². The maximum atomic E-state index is 13.6. The van der Waals surface area contributed by atoms with Crippen LogP contribution in [0.2, 0.25) is 0 Å². The Labute approximate surface area is 199 Å². The van der Waals surface area contributed by atoms with Crippen molar-refractivity contribution in [3.63, 3.8) is 0 Å². The molecule has 0 radical (unpaired) electrons. The number of nitrogens with zero attached hydrogens (tertiary/aromatic N) is 2. The molecule has 1 aliphatic heterocycles. The normalized spacial score (nSPS) is 14.8. The minimum absolute atomic E-state index is 0.0629. The van der Waals surface area contributed by atoms with Gasteiger partial charge in [0.25, 0.3) is 0 Å². The minimum atomic E-state index is -0.359. The van der Waals surface area contributed by atoms with Gasteiger partial charge in [0.2, 0.25) is 12.7 Å². The molecule has 8 heteroatoms. The summed E-state index contributed by atoms with van der Waals surface area (Å²) in [4.78, 5) is 31.2. The number of carbonyl (C=O) groups excluding carboxylic acids is 2. The van der Waals surface area contributed by atoms with Crippen LogP contribution >= 0.6 is 11.3 Å². The molecule has 0 atom stereocenters. The third-order valence-electron chi connectivity index (χ3n) is 5.74. The van der Waals surface area contributed by atoms with Crippen molar-refractivity contribution < 1.29 is 19.1 Å². The number of rotatable bonds is 8. The molecule has 1 fully saturated rings. The third kappa shape index (κ3) is 6.41. The lowest BCUT2D eigenvalue weighted by Gasteiger charge is -2.30. The van der Waals surface area contributed by atoms with Gasteiger partial charge in [-0.2, -0.15) is 0 Å². The Kier molecular flexibility index (Phi) is 6.83. The molecule has 2 aromatic rings. The summed E-state index contributed by atoms with van der Waals surface area (Å²) in [6, 6.07) is 7.66. The number of fused-ring (bicyclic) bond motifs is 1. The number of hydrogen-bond donors (Lipinski definition) is 1. The molecule has 1 aliphatic carbocycles. The fourth-order valence-corrected chi connectivity index (χ4v) is 4.65. The molecular formula is C25H33N3O4S. The average molecular weight is 472 g/mol. The summed E-state index contributed by atoms with van der Waals surface area (Å²) in [6.07, 6.45) is 2.23. The van der Waals surface area contributed by atoms with E-state index in [4.69, 9.17) is 9.47 Å². The lowest BCUT2D eigenvalue weighted by Crippen LogP contribution is -2.52. The first-order chi connectivity index (χ1) is 15.7. The number of urea groups is 1. The monoisotopic (exact) mass is 471 g/mol. The van der Waals surface area contributed by atoms with Gasteiger partial charge < -0.3 is 24.6 Å². The zero-order valence-corrected chi connectivity index (χ0v) is 20.7. The number of nitrogens with one attached hydrogen (secondary N) is 1. The van der Waals surface area contributed by atoms with Gasteiger partial charge in [-0.05, 0) is 81.2 Å². The second-order valence-electron chi connectivity index (χ2n) is 9.97. The summed E-state index contributed by atoms with van der Waals surface area (Å²) in [6.45, 7) is 9.76. The van der Waals surface area contributed by atoms with Crippen molar-refractivity contribution in [2.24, 2.45) is 5.92 Å². The Morgan fingerprint density at radius 3 is 2.52 bits per heavy atom. The molecule has 0 bridgehead atoms. The summed E-state index contributed by atoms with van der Waals surface area (Å²) in [7, 11) is 0. The van der Waals surface area contributed by atoms with Crippen LogP contribution in [-0.2, 0) is 17.9 Å². The van der Waals surface area contributed by atoms with Crippen LogP contribution in [0, 0.1) is 12.8 Å². The van der Waals surface area contributed by atoms with Crippen LogP contribution in [0.1, 0.15) is 49.6 Å². The molecule has 0 unspecified atom stereocenters. The van der Waals surface area contributed by atoms with E-state index in [2.05, 4.69) is 18.3 Å². The van der Waals surface area contributed by atoms with E-state index in [9.17, 15) is 9.59 Å². The fourth-order valence-electron chi connectivity index (χ4n) is 3.73. The quantitative estimate of drug-likeness (QED) is 0.614. The zero-order valence-electron chi connectivity index (χ0n) is 19.8. The van der Waals surface area contributed by atoms with Crippen LogP contribution in [-0.4, -0.2) is 47.2 Å². The lowest BCUT2D eigenvalue weighted by molar-refractivity contribution is -0.133. The van der Waals surface area contributed by atoms with Gasteiger partial charge in [-0.15, -0.1) is 11.3 Å². The molecule has 33 heavy (non-hydrogen) atoms. The molecule has 1 aromatic carbocycles. The predicted octanol–water partition coefficient (Wildman–Crippen LogP) is 4.53. The van der Waals surface area contributed by atoms with Crippen molar-refractivity contribution in [3.8, 4) is 11.5 Å². The van der Waals surface area contributed by atoms with Crippen molar-refractivity contribution >= 4 is 23.3 Å². The van der Waals surface area contributed by atoms with Crippen LogP contribution in [0.15, 0.2) is 29.6 Å². The van der Waals surface area contributed by atoms with E-state index < -0.39 is 0 Å². The largest absolute Gasteiger partial charge is 0.454 e. The summed E-state index contributed by atoms with van der Waals surface area (Å²) >= 11 is 1.65. The molecule has 3 amide bonds. The van der Waals surface area contributed by atoms with Crippen LogP contribution in [0.4, 0.5) is 4.79 Å². The van der Waals surface area contributed by atoms with E-state index in [1.807, 2.05) is 49.3 Å². The minimum Gasteiger partial charge on any atom is -0.454 e. The molecular weight excluding hydrogens is 438 g/mol. The highest BCUT2D eigenvalue weighted by atomic mass is 32.1. The highest BCUT2D eigenvalue weighted by Gasteiger charge is 2.31. The van der Waals surface area contributed by atoms with Crippen LogP contribution in [0.5, 0.6) is 11.5 Å². The number of aryl methyl sites for hydroxylation is 1. The Bertz CT molecular complexity index is 1010. The fraction of sp³-hybridized carbons (Fsp3) is 0.520. The molecule has 178 valence electrons. The maximum absolute atomic E-state index is 13.6.